The van der Waals surface area contributed by atoms with E-state index in [1.54, 1.807) is 6.92 Å². The van der Waals surface area contributed by atoms with Crippen LogP contribution in [0.5, 0.6) is 0 Å². The first kappa shape index (κ1) is 48.2. The van der Waals surface area contributed by atoms with Crippen molar-refractivity contribution in [1.29, 1.82) is 0 Å². The molecule has 52 heavy (non-hydrogen) atoms. The standard InChI is InChI=1S/C40H76N3O8P/c1-6-7-8-9-10-11-12-13-14-16-19-22-25-28-39(44)50-37(2)38(35-49-52(46,47)48-34-33-43(3,4)5)51-40(45)29-26-23-20-17-15-18-21-24-27-31-42-32-30-41-36-42/h30,32,36-38H,6-29,31,33-35H2,1-5H3. The Kier molecular flexibility index (Phi) is 28.3. The van der Waals surface area contributed by atoms with Crippen molar-refractivity contribution in [3.8, 4) is 0 Å². The van der Waals surface area contributed by atoms with Crippen LogP contribution in [0.3, 0.4) is 0 Å². The van der Waals surface area contributed by atoms with Crippen molar-refractivity contribution in [2.75, 3.05) is 40.9 Å². The number of carbonyl (C=O) groups excluding carboxylic acids is 2. The Labute approximate surface area is 317 Å². The Bertz CT molecular complexity index is 1050. The number of esters is 2. The summed E-state index contributed by atoms with van der Waals surface area (Å²) in [4.78, 5) is 41.9. The largest absolute Gasteiger partial charge is 0.756 e. The molecule has 3 unspecified atom stereocenters. The Hall–Kier alpha value is -1.78. The van der Waals surface area contributed by atoms with Gasteiger partial charge < -0.3 is 32.5 Å². The number of carbonyl (C=O) groups is 2. The molecule has 11 nitrogen and oxygen atoms in total. The first-order valence-corrected chi connectivity index (χ1v) is 22.1. The van der Waals surface area contributed by atoms with Gasteiger partial charge in [0.2, 0.25) is 0 Å². The van der Waals surface area contributed by atoms with Gasteiger partial charge >= 0.3 is 11.9 Å². The lowest BCUT2D eigenvalue weighted by atomic mass is 10.0. The summed E-state index contributed by atoms with van der Waals surface area (Å²) < 4.78 is 36.4. The second-order valence-electron chi connectivity index (χ2n) is 15.5. The number of nitrogens with zero attached hydrogens (tertiary/aromatic N) is 3. The molecule has 0 aliphatic carbocycles. The molecule has 0 spiro atoms. The number of phosphoric acid groups is 1. The Morgan fingerprint density at radius 1 is 0.712 bits per heavy atom. The second kappa shape index (κ2) is 30.5. The Morgan fingerprint density at radius 2 is 1.17 bits per heavy atom. The number of phosphoric ester groups is 1. The van der Waals surface area contributed by atoms with Gasteiger partial charge in [0, 0.05) is 31.8 Å². The zero-order valence-electron chi connectivity index (χ0n) is 33.7. The third-order valence-electron chi connectivity index (χ3n) is 9.37. The maximum Gasteiger partial charge on any atom is 0.306 e. The predicted molar refractivity (Wildman–Crippen MR) is 207 cm³/mol. The van der Waals surface area contributed by atoms with Crippen LogP contribution in [-0.4, -0.2) is 79.1 Å². The maximum atomic E-state index is 12.8. The molecule has 0 N–H and O–H groups in total. The quantitative estimate of drug-likeness (QED) is 0.0285. The summed E-state index contributed by atoms with van der Waals surface area (Å²) in [5, 5.41) is 0. The van der Waals surface area contributed by atoms with E-state index in [4.69, 9.17) is 18.5 Å². The van der Waals surface area contributed by atoms with Gasteiger partial charge in [-0.25, -0.2) is 4.98 Å². The van der Waals surface area contributed by atoms with Crippen molar-refractivity contribution in [3.63, 3.8) is 0 Å². The fraction of sp³-hybridized carbons (Fsp3) is 0.875. The molecule has 0 aliphatic rings. The molecule has 0 saturated carbocycles. The SMILES string of the molecule is CCCCCCCCCCCCCCCC(=O)OC(C)C(COP(=O)([O-])OCC[N+](C)(C)C)OC(=O)CCCCCCCCCCCn1ccnc1. The molecule has 1 aromatic heterocycles. The molecule has 304 valence electrons. The van der Waals surface area contributed by atoms with Crippen molar-refractivity contribution in [1.82, 2.24) is 9.55 Å². The van der Waals surface area contributed by atoms with E-state index < -0.39 is 32.6 Å². The van der Waals surface area contributed by atoms with Gasteiger partial charge in [0.1, 0.15) is 19.3 Å². The van der Waals surface area contributed by atoms with Crippen LogP contribution in [0, 0.1) is 0 Å². The summed E-state index contributed by atoms with van der Waals surface area (Å²) in [6.07, 6.45) is 29.8. The molecule has 12 heteroatoms. The summed E-state index contributed by atoms with van der Waals surface area (Å²) in [5.41, 5.74) is 0. The van der Waals surface area contributed by atoms with Crippen LogP contribution in [0.1, 0.15) is 168 Å². The fourth-order valence-corrected chi connectivity index (χ4v) is 6.68. The number of aryl methyl sites for hydroxylation is 1. The predicted octanol–water partition coefficient (Wildman–Crippen LogP) is 9.32. The molecular weight excluding hydrogens is 681 g/mol. The van der Waals surface area contributed by atoms with Crippen LogP contribution in [0.25, 0.3) is 0 Å². The van der Waals surface area contributed by atoms with Gasteiger partial charge in [0.15, 0.2) is 6.10 Å². The number of rotatable bonds is 36. The van der Waals surface area contributed by atoms with Crippen LogP contribution in [0.4, 0.5) is 0 Å². The molecule has 1 aromatic rings. The van der Waals surface area contributed by atoms with E-state index in [1.807, 2.05) is 39.9 Å². The van der Waals surface area contributed by atoms with Crippen LogP contribution in [0.15, 0.2) is 18.7 Å². The molecule has 0 fully saturated rings. The minimum Gasteiger partial charge on any atom is -0.756 e. The van der Waals surface area contributed by atoms with Crippen LogP contribution >= 0.6 is 7.82 Å². The van der Waals surface area contributed by atoms with Gasteiger partial charge in [-0.15, -0.1) is 0 Å². The monoisotopic (exact) mass is 758 g/mol. The highest BCUT2D eigenvalue weighted by Crippen LogP contribution is 2.38. The fourth-order valence-electron chi connectivity index (χ4n) is 5.97. The molecule has 0 aliphatic heterocycles. The number of imidazole rings is 1. The van der Waals surface area contributed by atoms with Gasteiger partial charge in [0.05, 0.1) is 34.1 Å². The zero-order chi connectivity index (χ0) is 38.3. The molecular formula is C40H76N3O8P. The minimum absolute atomic E-state index is 0.0370. The average molecular weight is 758 g/mol. The molecule has 1 heterocycles. The van der Waals surface area contributed by atoms with E-state index in [0.29, 0.717) is 17.4 Å². The van der Waals surface area contributed by atoms with E-state index in [2.05, 4.69) is 16.5 Å². The van der Waals surface area contributed by atoms with E-state index in [0.717, 1.165) is 51.5 Å². The highest BCUT2D eigenvalue weighted by Gasteiger charge is 2.27. The van der Waals surface area contributed by atoms with Gasteiger partial charge in [0.25, 0.3) is 7.82 Å². The number of hydrogen-bond acceptors (Lipinski definition) is 9. The number of aromatic nitrogens is 2. The van der Waals surface area contributed by atoms with Crippen LogP contribution in [0.2, 0.25) is 0 Å². The lowest BCUT2D eigenvalue weighted by Gasteiger charge is -2.29. The first-order chi connectivity index (χ1) is 24.9. The zero-order valence-corrected chi connectivity index (χ0v) is 34.6. The van der Waals surface area contributed by atoms with Crippen molar-refractivity contribution < 1.29 is 42.1 Å². The molecule has 0 bridgehead atoms. The van der Waals surface area contributed by atoms with Crippen molar-refractivity contribution in [3.05, 3.63) is 18.7 Å². The second-order valence-corrected chi connectivity index (χ2v) is 16.9. The molecule has 0 radical (unpaired) electrons. The number of ether oxygens (including phenoxy) is 2. The van der Waals surface area contributed by atoms with Gasteiger partial charge in [-0.05, 0) is 26.2 Å². The summed E-state index contributed by atoms with van der Waals surface area (Å²) >= 11 is 0. The lowest BCUT2D eigenvalue weighted by Crippen LogP contribution is -2.38. The number of quaternary nitrogens is 1. The molecule has 3 atom stereocenters. The van der Waals surface area contributed by atoms with E-state index in [1.165, 1.54) is 89.9 Å². The minimum atomic E-state index is -4.65. The maximum absolute atomic E-state index is 12.8. The molecule has 0 aromatic carbocycles. The van der Waals surface area contributed by atoms with Crippen molar-refractivity contribution in [2.45, 2.75) is 187 Å². The summed E-state index contributed by atoms with van der Waals surface area (Å²) in [6, 6.07) is 0. The van der Waals surface area contributed by atoms with Crippen LogP contribution in [-0.2, 0) is 39.2 Å². The van der Waals surface area contributed by atoms with E-state index >= 15 is 0 Å². The van der Waals surface area contributed by atoms with E-state index in [-0.39, 0.29) is 25.4 Å². The topological polar surface area (TPSA) is 129 Å². The van der Waals surface area contributed by atoms with Crippen molar-refractivity contribution >= 4 is 19.8 Å². The highest BCUT2D eigenvalue weighted by atomic mass is 31.2. The number of hydrogen-bond donors (Lipinski definition) is 0. The number of unbranched alkanes of at least 4 members (excludes halogenated alkanes) is 20. The average Bonchev–Trinajstić information content (AvgIpc) is 3.60. The molecule has 0 amide bonds. The van der Waals surface area contributed by atoms with Gasteiger partial charge in [-0.3, -0.25) is 14.2 Å². The first-order valence-electron chi connectivity index (χ1n) is 20.7. The summed E-state index contributed by atoms with van der Waals surface area (Å²) in [7, 11) is 1.13. The lowest BCUT2D eigenvalue weighted by molar-refractivity contribution is -0.870. The molecule has 1 rings (SSSR count). The third kappa shape index (κ3) is 29.6. The van der Waals surface area contributed by atoms with Gasteiger partial charge in [-0.2, -0.15) is 0 Å². The van der Waals surface area contributed by atoms with Crippen molar-refractivity contribution in [2.24, 2.45) is 0 Å². The third-order valence-corrected chi connectivity index (χ3v) is 10.3. The summed E-state index contributed by atoms with van der Waals surface area (Å²) in [6.45, 7) is 4.82. The smallest absolute Gasteiger partial charge is 0.306 e. The molecule has 0 saturated heterocycles. The Balaban J connectivity index is 2.35. The van der Waals surface area contributed by atoms with Gasteiger partial charge in [-0.1, -0.05) is 129 Å². The Morgan fingerprint density at radius 3 is 1.63 bits per heavy atom. The number of likely N-dealkylation sites (N-methyl/N-ethyl adjacent to an activating group) is 1. The summed E-state index contributed by atoms with van der Waals surface area (Å²) in [5.74, 6) is -0.850. The van der Waals surface area contributed by atoms with Crippen LogP contribution < -0.4 is 4.89 Å². The normalized spacial score (nSPS) is 14.2. The van der Waals surface area contributed by atoms with E-state index in [9.17, 15) is 19.0 Å². The highest BCUT2D eigenvalue weighted by molar-refractivity contribution is 7.45.